The maximum absolute atomic E-state index is 13.7. The van der Waals surface area contributed by atoms with Crippen LogP contribution in [0.4, 0.5) is 10.2 Å². The van der Waals surface area contributed by atoms with Gasteiger partial charge in [-0.1, -0.05) is 29.8 Å². The molecule has 0 spiro atoms. The predicted molar refractivity (Wildman–Crippen MR) is 154 cm³/mol. The van der Waals surface area contributed by atoms with Crippen LogP contribution in [-0.2, 0) is 13.1 Å². The number of fused-ring (bicyclic) bond motifs is 1. The van der Waals surface area contributed by atoms with Crippen molar-refractivity contribution in [2.24, 2.45) is 0 Å². The van der Waals surface area contributed by atoms with Crippen molar-refractivity contribution >= 4 is 28.5 Å². The number of pyridine rings is 2. The second-order valence-corrected chi connectivity index (χ2v) is 10.6. The van der Waals surface area contributed by atoms with Crippen LogP contribution in [0.15, 0.2) is 85.6 Å². The molecule has 3 aromatic heterocycles. The number of nitrogens with zero attached hydrogens (tertiary/aromatic N) is 4. The molecule has 0 radical (unpaired) electrons. The van der Waals surface area contributed by atoms with Gasteiger partial charge >= 0.3 is 0 Å². The number of imidazole rings is 1. The maximum Gasteiger partial charge on any atom is 0.126 e. The fourth-order valence-corrected chi connectivity index (χ4v) is 5.55. The van der Waals surface area contributed by atoms with Crippen molar-refractivity contribution in [2.75, 3.05) is 5.32 Å². The molecule has 0 saturated heterocycles. The molecule has 8 heteroatoms. The lowest BCUT2D eigenvalue weighted by atomic mass is 9.91. The van der Waals surface area contributed by atoms with Crippen LogP contribution in [0.2, 0.25) is 5.02 Å². The Balaban J connectivity index is 1.13. The van der Waals surface area contributed by atoms with E-state index >= 15 is 0 Å². The highest BCUT2D eigenvalue weighted by Crippen LogP contribution is 2.32. The molecule has 0 bridgehead atoms. The standard InChI is InChI=1S/C31H30ClFN6/c32-28-18-36-31(38-26-7-5-25(6-8-26)35-17-21-10-12-34-13-11-21)16-27(28)23-4-9-29-30(15-23)39(20-37-29)19-22-2-1-3-24(33)14-22/h1-4,9-16,18,20,25-26,35H,5-8,17,19H2,(H,36,38). The number of hydrogen-bond donors (Lipinski definition) is 2. The van der Waals surface area contributed by atoms with E-state index in [-0.39, 0.29) is 5.82 Å². The van der Waals surface area contributed by atoms with Crippen molar-refractivity contribution in [3.05, 3.63) is 108 Å². The lowest BCUT2D eigenvalue weighted by molar-refractivity contribution is 0.352. The van der Waals surface area contributed by atoms with E-state index in [0.717, 1.165) is 65.8 Å². The Hall–Kier alpha value is -3.81. The number of benzene rings is 2. The Morgan fingerprint density at radius 1 is 0.897 bits per heavy atom. The number of hydrogen-bond acceptors (Lipinski definition) is 5. The van der Waals surface area contributed by atoms with Crippen LogP contribution in [0.1, 0.15) is 36.8 Å². The zero-order valence-corrected chi connectivity index (χ0v) is 22.3. The van der Waals surface area contributed by atoms with E-state index in [4.69, 9.17) is 11.6 Å². The summed E-state index contributed by atoms with van der Waals surface area (Å²) >= 11 is 6.62. The minimum absolute atomic E-state index is 0.240. The molecule has 6 rings (SSSR count). The summed E-state index contributed by atoms with van der Waals surface area (Å²) in [6, 6.07) is 19.8. The first-order valence-electron chi connectivity index (χ1n) is 13.3. The second kappa shape index (κ2) is 11.5. The van der Waals surface area contributed by atoms with Crippen LogP contribution in [0.25, 0.3) is 22.2 Å². The maximum atomic E-state index is 13.7. The van der Waals surface area contributed by atoms with Crippen LogP contribution in [-0.4, -0.2) is 31.6 Å². The summed E-state index contributed by atoms with van der Waals surface area (Å²) < 4.78 is 15.7. The van der Waals surface area contributed by atoms with Crippen molar-refractivity contribution in [2.45, 2.75) is 50.9 Å². The van der Waals surface area contributed by atoms with E-state index in [2.05, 4.69) is 43.8 Å². The summed E-state index contributed by atoms with van der Waals surface area (Å²) in [5.41, 5.74) is 5.91. The van der Waals surface area contributed by atoms with Crippen LogP contribution in [0.5, 0.6) is 0 Å². The van der Waals surface area contributed by atoms with Crippen molar-refractivity contribution in [3.63, 3.8) is 0 Å². The van der Waals surface area contributed by atoms with Gasteiger partial charge in [-0.25, -0.2) is 14.4 Å². The monoisotopic (exact) mass is 540 g/mol. The third kappa shape index (κ3) is 6.10. The van der Waals surface area contributed by atoms with Gasteiger partial charge < -0.3 is 15.2 Å². The fourth-order valence-electron chi connectivity index (χ4n) is 5.33. The zero-order chi connectivity index (χ0) is 26.6. The minimum atomic E-state index is -0.240. The van der Waals surface area contributed by atoms with Crippen molar-refractivity contribution in [1.29, 1.82) is 0 Å². The molecule has 0 atom stereocenters. The van der Waals surface area contributed by atoms with Gasteiger partial charge in [-0.3, -0.25) is 4.98 Å². The normalized spacial score (nSPS) is 17.4. The number of rotatable bonds is 8. The molecule has 3 heterocycles. The molecule has 6 nitrogen and oxygen atoms in total. The van der Waals surface area contributed by atoms with Gasteiger partial charge in [0.05, 0.1) is 22.4 Å². The molecule has 0 aliphatic heterocycles. The second-order valence-electron chi connectivity index (χ2n) is 10.2. The molecule has 1 saturated carbocycles. The summed E-state index contributed by atoms with van der Waals surface area (Å²) in [6.45, 7) is 1.41. The molecule has 1 aliphatic carbocycles. The Morgan fingerprint density at radius 2 is 1.72 bits per heavy atom. The van der Waals surface area contributed by atoms with Gasteiger partial charge in [-0.15, -0.1) is 0 Å². The van der Waals surface area contributed by atoms with E-state index in [1.165, 1.54) is 11.6 Å². The summed E-state index contributed by atoms with van der Waals surface area (Å²) in [6.07, 6.45) is 11.6. The highest BCUT2D eigenvalue weighted by Gasteiger charge is 2.21. The van der Waals surface area contributed by atoms with Crippen molar-refractivity contribution in [1.82, 2.24) is 24.8 Å². The van der Waals surface area contributed by atoms with Gasteiger partial charge in [0.1, 0.15) is 11.6 Å². The van der Waals surface area contributed by atoms with E-state index < -0.39 is 0 Å². The van der Waals surface area contributed by atoms with E-state index in [0.29, 0.717) is 23.7 Å². The molecule has 198 valence electrons. The van der Waals surface area contributed by atoms with Crippen LogP contribution in [0, 0.1) is 5.82 Å². The fraction of sp³-hybridized carbons (Fsp3) is 0.258. The molecular weight excluding hydrogens is 511 g/mol. The number of aromatic nitrogens is 4. The van der Waals surface area contributed by atoms with Gasteiger partial charge in [-0.2, -0.15) is 0 Å². The van der Waals surface area contributed by atoms with Crippen molar-refractivity contribution < 1.29 is 4.39 Å². The topological polar surface area (TPSA) is 67.7 Å². The van der Waals surface area contributed by atoms with E-state index in [1.54, 1.807) is 24.7 Å². The molecule has 39 heavy (non-hydrogen) atoms. The average Bonchev–Trinajstić information content (AvgIpc) is 3.36. The molecule has 2 aromatic carbocycles. The van der Waals surface area contributed by atoms with Crippen LogP contribution >= 0.6 is 11.6 Å². The van der Waals surface area contributed by atoms with Gasteiger partial charge in [-0.05, 0) is 84.8 Å². The first-order valence-corrected chi connectivity index (χ1v) is 13.7. The van der Waals surface area contributed by atoms with Crippen molar-refractivity contribution in [3.8, 4) is 11.1 Å². The van der Waals surface area contributed by atoms with Gasteiger partial charge in [0.25, 0.3) is 0 Å². The smallest absolute Gasteiger partial charge is 0.126 e. The largest absolute Gasteiger partial charge is 0.367 e. The van der Waals surface area contributed by atoms with E-state index in [1.807, 2.05) is 41.2 Å². The lowest BCUT2D eigenvalue weighted by Gasteiger charge is -2.30. The average molecular weight is 541 g/mol. The van der Waals surface area contributed by atoms with Crippen LogP contribution < -0.4 is 10.6 Å². The minimum Gasteiger partial charge on any atom is -0.367 e. The molecular formula is C31H30ClFN6. The molecule has 1 fully saturated rings. The lowest BCUT2D eigenvalue weighted by Crippen LogP contribution is -2.36. The number of halogens is 2. The third-order valence-corrected chi connectivity index (χ3v) is 7.75. The summed E-state index contributed by atoms with van der Waals surface area (Å²) in [5.74, 6) is 0.590. The Bertz CT molecular complexity index is 1560. The molecule has 0 amide bonds. The highest BCUT2D eigenvalue weighted by molar-refractivity contribution is 6.33. The molecule has 0 unspecified atom stereocenters. The third-order valence-electron chi connectivity index (χ3n) is 7.45. The zero-order valence-electron chi connectivity index (χ0n) is 21.5. The Labute approximate surface area is 232 Å². The van der Waals surface area contributed by atoms with Crippen LogP contribution in [0.3, 0.4) is 0 Å². The van der Waals surface area contributed by atoms with Gasteiger partial charge in [0, 0.05) is 49.3 Å². The number of anilines is 1. The highest BCUT2D eigenvalue weighted by atomic mass is 35.5. The molecule has 1 aliphatic rings. The first-order chi connectivity index (χ1) is 19.1. The SMILES string of the molecule is Fc1cccc(Cn2cnc3ccc(-c4cc(NC5CCC(NCc6ccncc6)CC5)ncc4Cl)cc32)c1. The molecule has 2 N–H and O–H groups in total. The predicted octanol–water partition coefficient (Wildman–Crippen LogP) is 6.85. The van der Waals surface area contributed by atoms with Gasteiger partial charge in [0.15, 0.2) is 0 Å². The number of nitrogens with one attached hydrogen (secondary N) is 2. The summed E-state index contributed by atoms with van der Waals surface area (Å²) in [4.78, 5) is 13.2. The quantitative estimate of drug-likeness (QED) is 0.225. The summed E-state index contributed by atoms with van der Waals surface area (Å²) in [7, 11) is 0. The van der Waals surface area contributed by atoms with Gasteiger partial charge in [0.2, 0.25) is 0 Å². The Morgan fingerprint density at radius 3 is 2.54 bits per heavy atom. The van der Waals surface area contributed by atoms with E-state index in [9.17, 15) is 4.39 Å². The first kappa shape index (κ1) is 25.5. The Kier molecular flexibility index (Phi) is 7.52. The summed E-state index contributed by atoms with van der Waals surface area (Å²) in [5, 5.41) is 7.91. The molecule has 5 aromatic rings.